The Balaban J connectivity index is 1.41. The Morgan fingerprint density at radius 1 is 1.04 bits per heavy atom. The molecule has 27 heavy (non-hydrogen) atoms. The van der Waals surface area contributed by atoms with Crippen LogP contribution in [0, 0.1) is 0 Å². The molecule has 1 aromatic carbocycles. The lowest BCUT2D eigenvalue weighted by Gasteiger charge is -2.42. The summed E-state index contributed by atoms with van der Waals surface area (Å²) < 4.78 is 5.65. The molecule has 2 amide bonds. The van der Waals surface area contributed by atoms with Crippen molar-refractivity contribution in [2.75, 3.05) is 46.4 Å². The topological polar surface area (TPSA) is 77.7 Å². The van der Waals surface area contributed by atoms with Crippen LogP contribution in [0.4, 0.5) is 0 Å². The molecule has 0 atom stereocenters. The van der Waals surface area contributed by atoms with Crippen molar-refractivity contribution < 1.29 is 14.3 Å². The molecule has 1 aromatic heterocycles. The van der Waals surface area contributed by atoms with Gasteiger partial charge in [0.2, 0.25) is 0 Å². The van der Waals surface area contributed by atoms with Crippen LogP contribution in [-0.4, -0.2) is 78.6 Å². The fraction of sp³-hybridized carbons (Fsp3) is 0.500. The number of piperidine rings is 1. The standard InChI is InChI=1S/C20H26N4O3/c1-27-20(6-8-21-9-7-20)19(26)24-12-10-23(11-13-24)18(25)17-14-15-4-2-3-5-16(15)22-17/h2-5,14,21-22H,6-13H2,1H3. The summed E-state index contributed by atoms with van der Waals surface area (Å²) in [6.45, 7) is 3.75. The van der Waals surface area contributed by atoms with Crippen LogP contribution in [0.5, 0.6) is 0 Å². The molecule has 2 aliphatic heterocycles. The summed E-state index contributed by atoms with van der Waals surface area (Å²) in [6.07, 6.45) is 1.38. The zero-order valence-corrected chi connectivity index (χ0v) is 15.7. The molecule has 3 heterocycles. The van der Waals surface area contributed by atoms with Crippen LogP contribution in [0.2, 0.25) is 0 Å². The molecule has 0 bridgehead atoms. The summed E-state index contributed by atoms with van der Waals surface area (Å²) in [6, 6.07) is 9.75. The maximum atomic E-state index is 13.0. The molecule has 2 saturated heterocycles. The molecule has 0 aliphatic carbocycles. The van der Waals surface area contributed by atoms with Gasteiger partial charge in [0.1, 0.15) is 11.3 Å². The van der Waals surface area contributed by atoms with Gasteiger partial charge in [-0.2, -0.15) is 0 Å². The number of H-pyrrole nitrogens is 1. The number of nitrogens with one attached hydrogen (secondary N) is 2. The van der Waals surface area contributed by atoms with E-state index >= 15 is 0 Å². The number of amides is 2. The van der Waals surface area contributed by atoms with Gasteiger partial charge in [-0.1, -0.05) is 18.2 Å². The molecule has 144 valence electrons. The predicted molar refractivity (Wildman–Crippen MR) is 103 cm³/mol. The van der Waals surface area contributed by atoms with E-state index in [1.54, 1.807) is 7.11 Å². The van der Waals surface area contributed by atoms with Crippen molar-refractivity contribution in [1.29, 1.82) is 0 Å². The summed E-state index contributed by atoms with van der Waals surface area (Å²) >= 11 is 0. The number of methoxy groups -OCH3 is 1. The van der Waals surface area contributed by atoms with Gasteiger partial charge in [0.05, 0.1) is 0 Å². The van der Waals surface area contributed by atoms with E-state index in [-0.39, 0.29) is 11.8 Å². The first-order valence-electron chi connectivity index (χ1n) is 9.55. The lowest BCUT2D eigenvalue weighted by molar-refractivity contribution is -0.159. The fourth-order valence-corrected chi connectivity index (χ4v) is 4.10. The van der Waals surface area contributed by atoms with Gasteiger partial charge in [-0.25, -0.2) is 0 Å². The number of carbonyl (C=O) groups excluding carboxylic acids is 2. The van der Waals surface area contributed by atoms with Crippen LogP contribution in [0.1, 0.15) is 23.3 Å². The van der Waals surface area contributed by atoms with Gasteiger partial charge in [-0.05, 0) is 38.1 Å². The van der Waals surface area contributed by atoms with Gasteiger partial charge in [0, 0.05) is 44.2 Å². The number of aromatic amines is 1. The molecule has 7 nitrogen and oxygen atoms in total. The molecule has 2 fully saturated rings. The molecule has 2 aliphatic rings. The third-order valence-corrected chi connectivity index (χ3v) is 5.81. The van der Waals surface area contributed by atoms with Crippen LogP contribution in [0.3, 0.4) is 0 Å². The average molecular weight is 370 g/mol. The first-order valence-corrected chi connectivity index (χ1v) is 9.55. The maximum absolute atomic E-state index is 13.0. The summed E-state index contributed by atoms with van der Waals surface area (Å²) in [5.41, 5.74) is 0.847. The Bertz CT molecular complexity index is 800. The number of hydrogen-bond acceptors (Lipinski definition) is 4. The second-order valence-corrected chi connectivity index (χ2v) is 7.30. The van der Waals surface area contributed by atoms with Gasteiger partial charge in [0.25, 0.3) is 11.8 Å². The Labute approximate surface area is 158 Å². The molecule has 2 N–H and O–H groups in total. The van der Waals surface area contributed by atoms with Gasteiger partial charge in [0.15, 0.2) is 0 Å². The lowest BCUT2D eigenvalue weighted by Crippen LogP contribution is -2.59. The molecule has 0 saturated carbocycles. The van der Waals surface area contributed by atoms with E-state index in [2.05, 4.69) is 10.3 Å². The maximum Gasteiger partial charge on any atom is 0.270 e. The van der Waals surface area contributed by atoms with E-state index < -0.39 is 5.60 Å². The zero-order chi connectivity index (χ0) is 18.9. The number of para-hydroxylation sites is 1. The summed E-state index contributed by atoms with van der Waals surface area (Å²) in [7, 11) is 1.62. The second kappa shape index (κ2) is 7.32. The van der Waals surface area contributed by atoms with Crippen LogP contribution >= 0.6 is 0 Å². The zero-order valence-electron chi connectivity index (χ0n) is 15.7. The number of nitrogens with zero attached hydrogens (tertiary/aromatic N) is 2. The first-order chi connectivity index (χ1) is 13.1. The van der Waals surface area contributed by atoms with Crippen LogP contribution in [0.15, 0.2) is 30.3 Å². The van der Waals surface area contributed by atoms with Crippen molar-refractivity contribution in [1.82, 2.24) is 20.1 Å². The molecule has 0 spiro atoms. The second-order valence-electron chi connectivity index (χ2n) is 7.30. The largest absolute Gasteiger partial charge is 0.368 e. The lowest BCUT2D eigenvalue weighted by atomic mass is 9.90. The molecule has 4 rings (SSSR count). The molecular formula is C20H26N4O3. The van der Waals surface area contributed by atoms with Crippen molar-refractivity contribution in [3.05, 3.63) is 36.0 Å². The van der Waals surface area contributed by atoms with Crippen LogP contribution in [0.25, 0.3) is 10.9 Å². The number of hydrogen-bond donors (Lipinski definition) is 2. The molecule has 2 aromatic rings. The Morgan fingerprint density at radius 2 is 1.70 bits per heavy atom. The highest BCUT2D eigenvalue weighted by molar-refractivity contribution is 5.98. The number of piperazine rings is 1. The Morgan fingerprint density at radius 3 is 2.37 bits per heavy atom. The van der Waals surface area contributed by atoms with Crippen LogP contribution < -0.4 is 5.32 Å². The minimum atomic E-state index is -0.714. The molecule has 7 heteroatoms. The SMILES string of the molecule is COC1(C(=O)N2CCN(C(=O)c3cc4ccccc4[nH]3)CC2)CCNCC1. The summed E-state index contributed by atoms with van der Waals surface area (Å²) in [5, 5.41) is 4.31. The van der Waals surface area contributed by atoms with E-state index in [1.807, 2.05) is 40.1 Å². The average Bonchev–Trinajstić information content (AvgIpc) is 3.17. The van der Waals surface area contributed by atoms with Gasteiger partial charge in [-0.3, -0.25) is 9.59 Å². The highest BCUT2D eigenvalue weighted by Gasteiger charge is 2.43. The smallest absolute Gasteiger partial charge is 0.270 e. The van der Waals surface area contributed by atoms with E-state index in [9.17, 15) is 9.59 Å². The van der Waals surface area contributed by atoms with Crippen molar-refractivity contribution in [2.45, 2.75) is 18.4 Å². The van der Waals surface area contributed by atoms with Crippen molar-refractivity contribution in [3.63, 3.8) is 0 Å². The van der Waals surface area contributed by atoms with Gasteiger partial charge >= 0.3 is 0 Å². The summed E-state index contributed by atoms with van der Waals surface area (Å²) in [5.74, 6) is 0.0471. The summed E-state index contributed by atoms with van der Waals surface area (Å²) in [4.78, 5) is 32.7. The number of benzene rings is 1. The predicted octanol–water partition coefficient (Wildman–Crippen LogP) is 1.22. The number of aromatic nitrogens is 1. The highest BCUT2D eigenvalue weighted by Crippen LogP contribution is 2.26. The van der Waals surface area contributed by atoms with Crippen molar-refractivity contribution in [2.24, 2.45) is 0 Å². The quantitative estimate of drug-likeness (QED) is 0.852. The van der Waals surface area contributed by atoms with E-state index in [0.717, 1.165) is 24.0 Å². The number of carbonyl (C=O) groups is 2. The Kier molecular flexibility index (Phi) is 4.88. The van der Waals surface area contributed by atoms with E-state index in [1.165, 1.54) is 0 Å². The minimum Gasteiger partial charge on any atom is -0.368 e. The number of fused-ring (bicyclic) bond motifs is 1. The normalized spacial score (nSPS) is 20.0. The van der Waals surface area contributed by atoms with Gasteiger partial charge in [-0.15, -0.1) is 0 Å². The monoisotopic (exact) mass is 370 g/mol. The highest BCUT2D eigenvalue weighted by atomic mass is 16.5. The van der Waals surface area contributed by atoms with E-state index in [0.29, 0.717) is 44.7 Å². The third kappa shape index (κ3) is 3.33. The molecular weight excluding hydrogens is 344 g/mol. The third-order valence-electron chi connectivity index (χ3n) is 5.81. The van der Waals surface area contributed by atoms with Crippen molar-refractivity contribution in [3.8, 4) is 0 Å². The van der Waals surface area contributed by atoms with Crippen molar-refractivity contribution >= 4 is 22.7 Å². The molecule has 0 unspecified atom stereocenters. The minimum absolute atomic E-state index is 0.0124. The molecule has 0 radical (unpaired) electrons. The number of rotatable bonds is 3. The Hall–Kier alpha value is -2.38. The number of ether oxygens (including phenoxy) is 1. The van der Waals surface area contributed by atoms with Gasteiger partial charge < -0.3 is 24.8 Å². The van der Waals surface area contributed by atoms with Crippen LogP contribution in [-0.2, 0) is 9.53 Å². The first kappa shape index (κ1) is 18.0. The van der Waals surface area contributed by atoms with E-state index in [4.69, 9.17) is 4.74 Å². The fourth-order valence-electron chi connectivity index (χ4n) is 4.10.